The fourth-order valence-electron chi connectivity index (χ4n) is 8.05. The molecule has 0 amide bonds. The van der Waals surface area contributed by atoms with E-state index in [1.807, 2.05) is 6.08 Å². The Hall–Kier alpha value is -3.41. The molecule has 0 heterocycles. The average molecular weight is 962 g/mol. The number of unbranched alkanes of at least 4 members (excludes halogenated alkanes) is 27. The smallest absolute Gasteiger partial charge is 0.306 e. The van der Waals surface area contributed by atoms with E-state index in [0.717, 1.165) is 77.0 Å². The summed E-state index contributed by atoms with van der Waals surface area (Å²) in [6, 6.07) is 0. The Labute approximate surface area is 426 Å². The average Bonchev–Trinajstić information content (AvgIpc) is 3.35. The van der Waals surface area contributed by atoms with E-state index >= 15 is 0 Å². The van der Waals surface area contributed by atoms with Gasteiger partial charge in [-0.05, 0) is 83.5 Å². The third-order valence-electron chi connectivity index (χ3n) is 12.4. The quantitative estimate of drug-likeness (QED) is 0.0262. The van der Waals surface area contributed by atoms with Gasteiger partial charge in [-0.3, -0.25) is 14.4 Å². The molecule has 0 bridgehead atoms. The molecule has 1 atom stereocenters. The first-order valence-electron chi connectivity index (χ1n) is 29.1. The highest BCUT2D eigenvalue weighted by Crippen LogP contribution is 2.16. The lowest BCUT2D eigenvalue weighted by molar-refractivity contribution is -0.166. The van der Waals surface area contributed by atoms with E-state index in [9.17, 15) is 14.4 Å². The van der Waals surface area contributed by atoms with Gasteiger partial charge in [-0.25, -0.2) is 0 Å². The molecule has 0 N–H and O–H groups in total. The molecule has 0 saturated carbocycles. The molecule has 0 rings (SSSR count). The first-order valence-corrected chi connectivity index (χ1v) is 29.1. The zero-order valence-electron chi connectivity index (χ0n) is 45.3. The second-order valence-electron chi connectivity index (χ2n) is 19.2. The van der Waals surface area contributed by atoms with Gasteiger partial charge in [0.25, 0.3) is 0 Å². The van der Waals surface area contributed by atoms with Crippen molar-refractivity contribution in [1.29, 1.82) is 0 Å². The Balaban J connectivity index is 4.48. The van der Waals surface area contributed by atoms with Gasteiger partial charge in [0.15, 0.2) is 6.10 Å². The number of carbonyl (C=O) groups excluding carboxylic acids is 3. The summed E-state index contributed by atoms with van der Waals surface area (Å²) in [5.74, 6) is -0.983. The lowest BCUT2D eigenvalue weighted by atomic mass is 10.0. The summed E-state index contributed by atoms with van der Waals surface area (Å²) in [5, 5.41) is 0. The van der Waals surface area contributed by atoms with Crippen LogP contribution in [0.15, 0.2) is 85.1 Å². The number of hydrogen-bond donors (Lipinski definition) is 0. The van der Waals surface area contributed by atoms with Crippen molar-refractivity contribution in [3.8, 4) is 0 Å². The van der Waals surface area contributed by atoms with Gasteiger partial charge in [0.1, 0.15) is 13.2 Å². The van der Waals surface area contributed by atoms with Gasteiger partial charge in [-0.2, -0.15) is 0 Å². The molecule has 0 aliphatic carbocycles. The van der Waals surface area contributed by atoms with E-state index < -0.39 is 6.10 Å². The van der Waals surface area contributed by atoms with Gasteiger partial charge in [-0.1, -0.05) is 260 Å². The van der Waals surface area contributed by atoms with Crippen LogP contribution in [-0.2, 0) is 28.6 Å². The minimum absolute atomic E-state index is 0.1000. The van der Waals surface area contributed by atoms with Crippen LogP contribution < -0.4 is 0 Å². The number of rotatable bonds is 52. The van der Waals surface area contributed by atoms with E-state index in [1.54, 1.807) is 0 Å². The maximum Gasteiger partial charge on any atom is 0.306 e. The summed E-state index contributed by atoms with van der Waals surface area (Å²) in [6.07, 6.45) is 74.4. The standard InChI is InChI=1S/C63H108O6/c1-4-7-10-13-16-19-22-25-28-30-31-33-35-38-41-44-47-50-53-56-62(65)68-59-60(58-67-61(64)55-52-49-46-43-40-37-34-27-24-21-18-15-12-9-6-3)69-63(66)57-54-51-48-45-42-39-36-32-29-26-23-20-17-14-11-8-5-2/h7,10,16,19,21,24-25,28,31,33,38,41,47,50,60H,4-6,8-9,11-15,17-18,20,22-23,26-27,29-30,32,34-37,39-40,42-46,48-49,51-59H2,1-3H3/b10-7-,19-16-,24-21-,28-25-,33-31-,41-38-,50-47-. The summed E-state index contributed by atoms with van der Waals surface area (Å²) >= 11 is 0. The molecular weight excluding hydrogens is 853 g/mol. The molecule has 0 saturated heterocycles. The second kappa shape index (κ2) is 57.2. The Kier molecular flexibility index (Phi) is 54.3. The maximum atomic E-state index is 12.9. The molecule has 69 heavy (non-hydrogen) atoms. The van der Waals surface area contributed by atoms with Gasteiger partial charge in [0.05, 0.1) is 0 Å². The van der Waals surface area contributed by atoms with Crippen LogP contribution in [-0.4, -0.2) is 37.2 Å². The van der Waals surface area contributed by atoms with Crippen molar-refractivity contribution in [2.45, 2.75) is 284 Å². The summed E-state index contributed by atoms with van der Waals surface area (Å²) < 4.78 is 16.8. The van der Waals surface area contributed by atoms with Gasteiger partial charge >= 0.3 is 17.9 Å². The summed E-state index contributed by atoms with van der Waals surface area (Å²) in [6.45, 7) is 6.47. The summed E-state index contributed by atoms with van der Waals surface area (Å²) in [4.78, 5) is 38.1. The molecule has 0 fully saturated rings. The van der Waals surface area contributed by atoms with E-state index in [-0.39, 0.29) is 37.5 Å². The van der Waals surface area contributed by atoms with Crippen LogP contribution in [0.5, 0.6) is 0 Å². The van der Waals surface area contributed by atoms with E-state index in [4.69, 9.17) is 14.2 Å². The first kappa shape index (κ1) is 65.6. The molecule has 0 aromatic heterocycles. The molecule has 0 aromatic carbocycles. The highest BCUT2D eigenvalue weighted by atomic mass is 16.6. The highest BCUT2D eigenvalue weighted by molar-refractivity contribution is 5.71. The highest BCUT2D eigenvalue weighted by Gasteiger charge is 2.19. The summed E-state index contributed by atoms with van der Waals surface area (Å²) in [7, 11) is 0. The number of allylic oxidation sites excluding steroid dienone is 14. The normalized spacial score (nSPS) is 12.7. The van der Waals surface area contributed by atoms with Crippen molar-refractivity contribution in [2.75, 3.05) is 13.2 Å². The number of carbonyl (C=O) groups is 3. The number of hydrogen-bond acceptors (Lipinski definition) is 6. The van der Waals surface area contributed by atoms with Crippen molar-refractivity contribution in [1.82, 2.24) is 0 Å². The molecule has 0 radical (unpaired) electrons. The second-order valence-corrected chi connectivity index (χ2v) is 19.2. The van der Waals surface area contributed by atoms with Crippen LogP contribution in [0.25, 0.3) is 0 Å². The van der Waals surface area contributed by atoms with Crippen molar-refractivity contribution < 1.29 is 28.6 Å². The maximum absolute atomic E-state index is 12.9. The van der Waals surface area contributed by atoms with Gasteiger partial charge in [-0.15, -0.1) is 0 Å². The summed E-state index contributed by atoms with van der Waals surface area (Å²) in [5.41, 5.74) is 0. The van der Waals surface area contributed by atoms with Crippen LogP contribution in [0.4, 0.5) is 0 Å². The van der Waals surface area contributed by atoms with Crippen molar-refractivity contribution >= 4 is 17.9 Å². The van der Waals surface area contributed by atoms with Gasteiger partial charge in [0.2, 0.25) is 0 Å². The molecular formula is C63H108O6. The third-order valence-corrected chi connectivity index (χ3v) is 12.4. The molecule has 6 heteroatoms. The molecule has 396 valence electrons. The Morgan fingerprint density at radius 3 is 0.986 bits per heavy atom. The lowest BCUT2D eigenvalue weighted by Gasteiger charge is -2.18. The van der Waals surface area contributed by atoms with E-state index in [2.05, 4.69) is 99.8 Å². The molecule has 6 nitrogen and oxygen atoms in total. The van der Waals surface area contributed by atoms with Crippen molar-refractivity contribution in [3.63, 3.8) is 0 Å². The van der Waals surface area contributed by atoms with E-state index in [1.165, 1.54) is 154 Å². The molecule has 0 spiro atoms. The Morgan fingerprint density at radius 1 is 0.304 bits per heavy atom. The van der Waals surface area contributed by atoms with Crippen molar-refractivity contribution in [2.24, 2.45) is 0 Å². The zero-order chi connectivity index (χ0) is 50.0. The first-order chi connectivity index (χ1) is 34.0. The predicted molar refractivity (Wildman–Crippen MR) is 297 cm³/mol. The molecule has 0 aliphatic rings. The number of ether oxygens (including phenoxy) is 3. The predicted octanol–water partition coefficient (Wildman–Crippen LogP) is 19.5. The number of esters is 3. The Morgan fingerprint density at radius 2 is 0.594 bits per heavy atom. The van der Waals surface area contributed by atoms with Crippen molar-refractivity contribution in [3.05, 3.63) is 85.1 Å². The van der Waals surface area contributed by atoms with Crippen LogP contribution in [0, 0.1) is 0 Å². The Bertz CT molecular complexity index is 1330. The third kappa shape index (κ3) is 55.4. The van der Waals surface area contributed by atoms with E-state index in [0.29, 0.717) is 19.3 Å². The topological polar surface area (TPSA) is 78.9 Å². The fraction of sp³-hybridized carbons (Fsp3) is 0.730. The molecule has 0 aliphatic heterocycles. The van der Waals surface area contributed by atoms with Crippen LogP contribution in [0.2, 0.25) is 0 Å². The molecule has 0 aromatic rings. The minimum Gasteiger partial charge on any atom is -0.462 e. The van der Waals surface area contributed by atoms with Crippen LogP contribution in [0.1, 0.15) is 278 Å². The van der Waals surface area contributed by atoms with Gasteiger partial charge in [0, 0.05) is 19.3 Å². The lowest BCUT2D eigenvalue weighted by Crippen LogP contribution is -2.30. The van der Waals surface area contributed by atoms with Gasteiger partial charge < -0.3 is 14.2 Å². The fourth-order valence-corrected chi connectivity index (χ4v) is 8.05. The monoisotopic (exact) mass is 961 g/mol. The SMILES string of the molecule is CC/C=C\C/C=C\C/C=C\C/C=C\C/C=C\C/C=C\CCC(=O)OCC(COC(=O)CCCCCCCCC/C=C\CCCCCC)OC(=O)CCCCCCCCCCCCCCCCCCC. The minimum atomic E-state index is -0.807. The van der Waals surface area contributed by atoms with Crippen LogP contribution >= 0.6 is 0 Å². The van der Waals surface area contributed by atoms with Crippen LogP contribution in [0.3, 0.4) is 0 Å². The largest absolute Gasteiger partial charge is 0.462 e. The zero-order valence-corrected chi connectivity index (χ0v) is 45.3. The molecule has 1 unspecified atom stereocenters.